The summed E-state index contributed by atoms with van der Waals surface area (Å²) in [6, 6.07) is 23.8. The molecule has 0 saturated heterocycles. The lowest BCUT2D eigenvalue weighted by Crippen LogP contribution is -2.10. The first kappa shape index (κ1) is 22.4. The Morgan fingerprint density at radius 2 is 1.58 bits per heavy atom. The Labute approximate surface area is 189 Å². The summed E-state index contributed by atoms with van der Waals surface area (Å²) in [5, 5.41) is 4.32. The van der Waals surface area contributed by atoms with Gasteiger partial charge in [0, 0.05) is 22.2 Å². The number of ketones is 1. The molecule has 4 nitrogen and oxygen atoms in total. The molecule has 1 heterocycles. The van der Waals surface area contributed by atoms with Crippen LogP contribution in [0.25, 0.3) is 22.3 Å². The minimum Gasteiger partial charge on any atom is -0.340 e. The van der Waals surface area contributed by atoms with E-state index < -0.39 is 0 Å². The van der Waals surface area contributed by atoms with Crippen LogP contribution in [0.3, 0.4) is 0 Å². The summed E-state index contributed by atoms with van der Waals surface area (Å²) in [4.78, 5) is 21.4. The Hall–Kier alpha value is -3.24. The van der Waals surface area contributed by atoms with E-state index in [1.54, 1.807) is 6.92 Å². The summed E-state index contributed by atoms with van der Waals surface area (Å²) in [7, 11) is 0. The number of nitrogens with one attached hydrogen (secondary N) is 1. The molecule has 0 spiro atoms. The van der Waals surface area contributed by atoms with Crippen LogP contribution < -0.4 is 5.32 Å². The van der Waals surface area contributed by atoms with Crippen molar-refractivity contribution >= 4 is 40.6 Å². The van der Waals surface area contributed by atoms with E-state index in [2.05, 4.69) is 50.4 Å². The molecule has 1 N–H and O–H groups in total. The Kier molecular flexibility index (Phi) is 6.42. The molecule has 0 aliphatic heterocycles. The smallest absolute Gasteiger partial charge is 0.162 e. The third-order valence-corrected chi connectivity index (χ3v) is 5.14. The fourth-order valence-electron chi connectivity index (χ4n) is 3.37. The van der Waals surface area contributed by atoms with Crippen LogP contribution in [0.5, 0.6) is 0 Å². The van der Waals surface area contributed by atoms with Crippen LogP contribution in [0.2, 0.25) is 0 Å². The largest absolute Gasteiger partial charge is 0.340 e. The van der Waals surface area contributed by atoms with E-state index in [1.807, 2.05) is 48.5 Å². The number of hydrogen-bond acceptors (Lipinski definition) is 4. The molecule has 0 aliphatic carbocycles. The fraction of sp³-hybridized carbons (Fsp3) is 0.192. The molecule has 31 heavy (non-hydrogen) atoms. The molecule has 158 valence electrons. The van der Waals surface area contributed by atoms with E-state index in [0.717, 1.165) is 28.0 Å². The number of Topliss-reactive ketones (excluding diaryl/α,β-unsaturated/α-hetero) is 1. The molecule has 0 saturated carbocycles. The number of hydrogen-bond donors (Lipinski definition) is 1. The Morgan fingerprint density at radius 1 is 0.871 bits per heavy atom. The van der Waals surface area contributed by atoms with E-state index in [4.69, 9.17) is 9.97 Å². The first-order chi connectivity index (χ1) is 14.3. The first-order valence-electron chi connectivity index (χ1n) is 10.1. The van der Waals surface area contributed by atoms with Crippen molar-refractivity contribution in [3.63, 3.8) is 0 Å². The predicted octanol–water partition coefficient (Wildman–Crippen LogP) is 6.96. The quantitative estimate of drug-likeness (QED) is 0.355. The molecule has 0 amide bonds. The molecule has 3 aromatic carbocycles. The van der Waals surface area contributed by atoms with Gasteiger partial charge in [-0.3, -0.25) is 4.79 Å². The maximum atomic E-state index is 11.7. The monoisotopic (exact) mass is 431 g/mol. The van der Waals surface area contributed by atoms with E-state index in [9.17, 15) is 4.79 Å². The number of nitrogens with zero attached hydrogens (tertiary/aromatic N) is 2. The molecule has 0 bridgehead atoms. The molecule has 0 fully saturated rings. The summed E-state index contributed by atoms with van der Waals surface area (Å²) in [6.45, 7) is 8.17. The summed E-state index contributed by atoms with van der Waals surface area (Å²) >= 11 is 0. The van der Waals surface area contributed by atoms with Crippen molar-refractivity contribution in [3.8, 4) is 11.4 Å². The van der Waals surface area contributed by atoms with Crippen LogP contribution in [0.15, 0.2) is 72.8 Å². The molecule has 1 aromatic heterocycles. The number of aromatic nitrogens is 2. The van der Waals surface area contributed by atoms with Crippen LogP contribution in [0.1, 0.15) is 43.6 Å². The van der Waals surface area contributed by atoms with Gasteiger partial charge >= 0.3 is 0 Å². The lowest BCUT2D eigenvalue weighted by Gasteiger charge is -2.19. The molecule has 5 heteroatoms. The number of carbonyl (C=O) groups excluding carboxylic acids is 1. The number of para-hydroxylation sites is 1. The average molecular weight is 432 g/mol. The van der Waals surface area contributed by atoms with Crippen LogP contribution in [-0.4, -0.2) is 15.8 Å². The van der Waals surface area contributed by atoms with Crippen molar-refractivity contribution in [1.29, 1.82) is 0 Å². The normalized spacial score (nSPS) is 11.1. The number of anilines is 2. The molecule has 0 aliphatic rings. The second-order valence-corrected chi connectivity index (χ2v) is 8.50. The number of rotatable bonds is 4. The topological polar surface area (TPSA) is 54.9 Å². The van der Waals surface area contributed by atoms with Gasteiger partial charge in [0.05, 0.1) is 5.52 Å². The molecule has 0 radical (unpaired) electrons. The van der Waals surface area contributed by atoms with E-state index in [-0.39, 0.29) is 23.6 Å². The summed E-state index contributed by atoms with van der Waals surface area (Å²) in [5.74, 6) is 1.42. The van der Waals surface area contributed by atoms with Gasteiger partial charge in [-0.25, -0.2) is 9.97 Å². The second kappa shape index (κ2) is 8.86. The van der Waals surface area contributed by atoms with Crippen molar-refractivity contribution < 1.29 is 4.79 Å². The lowest BCUT2D eigenvalue weighted by molar-refractivity contribution is 0.101. The molecule has 4 aromatic rings. The Bertz CT molecular complexity index is 1230. The van der Waals surface area contributed by atoms with Gasteiger partial charge in [-0.15, -0.1) is 12.4 Å². The molecular weight excluding hydrogens is 406 g/mol. The van der Waals surface area contributed by atoms with Gasteiger partial charge < -0.3 is 5.32 Å². The fourth-order valence-corrected chi connectivity index (χ4v) is 3.37. The number of halogens is 1. The zero-order valence-electron chi connectivity index (χ0n) is 18.1. The predicted molar refractivity (Wildman–Crippen MR) is 131 cm³/mol. The maximum absolute atomic E-state index is 11.7. The van der Waals surface area contributed by atoms with Gasteiger partial charge in [-0.05, 0) is 42.2 Å². The third kappa shape index (κ3) is 4.92. The van der Waals surface area contributed by atoms with Crippen molar-refractivity contribution in [2.75, 3.05) is 5.32 Å². The SMILES string of the molecule is CC(=O)c1cccc(Nc2nc(-c3ccc(C(C)(C)C)cc3)nc3ccccc23)c1.Cl. The van der Waals surface area contributed by atoms with Gasteiger partial charge in [-0.1, -0.05) is 69.3 Å². The minimum atomic E-state index is 0. The van der Waals surface area contributed by atoms with Gasteiger partial charge in [-0.2, -0.15) is 0 Å². The highest BCUT2D eigenvalue weighted by Gasteiger charge is 2.15. The number of fused-ring (bicyclic) bond motifs is 1. The molecule has 4 rings (SSSR count). The highest BCUT2D eigenvalue weighted by Crippen LogP contribution is 2.29. The summed E-state index contributed by atoms with van der Waals surface area (Å²) in [5.41, 5.74) is 4.68. The third-order valence-electron chi connectivity index (χ3n) is 5.14. The minimum absolute atomic E-state index is 0. The second-order valence-electron chi connectivity index (χ2n) is 8.50. The molecular formula is C26H26ClN3O. The summed E-state index contributed by atoms with van der Waals surface area (Å²) in [6.07, 6.45) is 0. The van der Waals surface area contributed by atoms with E-state index in [0.29, 0.717) is 11.4 Å². The lowest BCUT2D eigenvalue weighted by atomic mass is 9.87. The highest BCUT2D eigenvalue weighted by atomic mass is 35.5. The van der Waals surface area contributed by atoms with Gasteiger partial charge in [0.1, 0.15) is 5.82 Å². The van der Waals surface area contributed by atoms with E-state index in [1.165, 1.54) is 5.56 Å². The van der Waals surface area contributed by atoms with Crippen LogP contribution in [0.4, 0.5) is 11.5 Å². The van der Waals surface area contributed by atoms with Crippen LogP contribution in [0, 0.1) is 0 Å². The van der Waals surface area contributed by atoms with Crippen molar-refractivity contribution in [3.05, 3.63) is 83.9 Å². The van der Waals surface area contributed by atoms with Crippen LogP contribution in [-0.2, 0) is 5.41 Å². The molecule has 0 unspecified atom stereocenters. The standard InChI is InChI=1S/C26H25N3O.ClH/c1-17(30)19-8-7-9-21(16-19)27-25-22-10-5-6-11-23(22)28-24(29-25)18-12-14-20(15-13-18)26(2,3)4;/h5-16H,1-4H3,(H,27,28,29);1H. The molecule has 0 atom stereocenters. The zero-order chi connectivity index (χ0) is 21.3. The Balaban J connectivity index is 0.00000272. The van der Waals surface area contributed by atoms with E-state index >= 15 is 0 Å². The first-order valence-corrected chi connectivity index (χ1v) is 10.1. The van der Waals surface area contributed by atoms with Gasteiger partial charge in [0.15, 0.2) is 11.6 Å². The summed E-state index contributed by atoms with van der Waals surface area (Å²) < 4.78 is 0. The number of carbonyl (C=O) groups is 1. The van der Waals surface area contributed by atoms with Crippen molar-refractivity contribution in [2.24, 2.45) is 0 Å². The maximum Gasteiger partial charge on any atom is 0.162 e. The highest BCUT2D eigenvalue weighted by molar-refractivity contribution is 5.96. The van der Waals surface area contributed by atoms with Gasteiger partial charge in [0.2, 0.25) is 0 Å². The van der Waals surface area contributed by atoms with Crippen LogP contribution >= 0.6 is 12.4 Å². The zero-order valence-corrected chi connectivity index (χ0v) is 19.0. The van der Waals surface area contributed by atoms with Gasteiger partial charge in [0.25, 0.3) is 0 Å². The average Bonchev–Trinajstić information content (AvgIpc) is 2.73. The van der Waals surface area contributed by atoms with Crippen molar-refractivity contribution in [2.45, 2.75) is 33.1 Å². The Morgan fingerprint density at radius 3 is 2.26 bits per heavy atom. The number of benzene rings is 3. The van der Waals surface area contributed by atoms with Crippen molar-refractivity contribution in [1.82, 2.24) is 9.97 Å².